The van der Waals surface area contributed by atoms with Crippen LogP contribution in [-0.2, 0) is 4.79 Å². The maximum absolute atomic E-state index is 12.3. The number of carbonyl (C=O) groups excluding carboxylic acids is 1. The van der Waals surface area contributed by atoms with Crippen LogP contribution in [0.1, 0.15) is 6.92 Å². The van der Waals surface area contributed by atoms with Crippen LogP contribution in [0.25, 0.3) is 0 Å². The first-order valence-electron chi connectivity index (χ1n) is 7.09. The van der Waals surface area contributed by atoms with Gasteiger partial charge in [-0.25, -0.2) is 0 Å². The van der Waals surface area contributed by atoms with Crippen molar-refractivity contribution >= 4 is 34.8 Å². The predicted molar refractivity (Wildman–Crippen MR) is 94.7 cm³/mol. The van der Waals surface area contributed by atoms with Gasteiger partial charge in [0, 0.05) is 12.1 Å². The Morgan fingerprint density at radius 2 is 1.71 bits per heavy atom. The highest BCUT2D eigenvalue weighted by molar-refractivity contribution is 6.42. The molecule has 128 valence electrons. The molecule has 0 aliphatic rings. The van der Waals surface area contributed by atoms with Crippen molar-refractivity contribution in [1.29, 1.82) is 0 Å². The van der Waals surface area contributed by atoms with Crippen LogP contribution in [0.15, 0.2) is 36.4 Å². The van der Waals surface area contributed by atoms with Gasteiger partial charge in [-0.2, -0.15) is 0 Å². The molecule has 0 aliphatic carbocycles. The van der Waals surface area contributed by atoms with Gasteiger partial charge in [0.15, 0.2) is 6.10 Å². The molecule has 5 nitrogen and oxygen atoms in total. The van der Waals surface area contributed by atoms with E-state index in [0.29, 0.717) is 33.0 Å². The second-order valence-electron chi connectivity index (χ2n) is 4.89. The number of anilines is 1. The van der Waals surface area contributed by atoms with E-state index in [9.17, 15) is 4.79 Å². The second-order valence-corrected chi connectivity index (χ2v) is 5.71. The van der Waals surface area contributed by atoms with E-state index in [0.717, 1.165) is 0 Å². The molecule has 1 amide bonds. The molecule has 1 unspecified atom stereocenters. The maximum Gasteiger partial charge on any atom is 0.265 e. The summed E-state index contributed by atoms with van der Waals surface area (Å²) in [6, 6.07) is 9.91. The molecule has 1 atom stereocenters. The Balaban J connectivity index is 2.07. The van der Waals surface area contributed by atoms with Crippen LogP contribution in [-0.4, -0.2) is 26.2 Å². The molecule has 0 bridgehead atoms. The molecule has 0 radical (unpaired) electrons. The fourth-order valence-corrected chi connectivity index (χ4v) is 2.23. The highest BCUT2D eigenvalue weighted by atomic mass is 35.5. The molecular weight excluding hydrogens is 353 g/mol. The van der Waals surface area contributed by atoms with E-state index in [4.69, 9.17) is 37.4 Å². The molecule has 0 saturated carbocycles. The smallest absolute Gasteiger partial charge is 0.265 e. The summed E-state index contributed by atoms with van der Waals surface area (Å²) in [4.78, 5) is 12.3. The Morgan fingerprint density at radius 1 is 1.00 bits per heavy atom. The van der Waals surface area contributed by atoms with E-state index in [1.54, 1.807) is 50.4 Å². The van der Waals surface area contributed by atoms with Gasteiger partial charge in [0.25, 0.3) is 5.91 Å². The monoisotopic (exact) mass is 369 g/mol. The Bertz CT molecular complexity index is 737. The summed E-state index contributed by atoms with van der Waals surface area (Å²) >= 11 is 11.8. The number of hydrogen-bond acceptors (Lipinski definition) is 4. The van der Waals surface area contributed by atoms with Gasteiger partial charge in [-0.05, 0) is 31.2 Å². The summed E-state index contributed by atoms with van der Waals surface area (Å²) in [6.45, 7) is 1.63. The Kier molecular flexibility index (Phi) is 6.17. The first kappa shape index (κ1) is 18.2. The largest absolute Gasteiger partial charge is 0.497 e. The number of carbonyl (C=O) groups is 1. The molecule has 1 N–H and O–H groups in total. The molecule has 2 rings (SSSR count). The van der Waals surface area contributed by atoms with Gasteiger partial charge >= 0.3 is 0 Å². The number of halogens is 2. The van der Waals surface area contributed by atoms with Gasteiger partial charge in [-0.1, -0.05) is 23.2 Å². The molecule has 0 fully saturated rings. The summed E-state index contributed by atoms with van der Waals surface area (Å²) in [5.74, 6) is 1.24. The molecule has 7 heteroatoms. The molecule has 24 heavy (non-hydrogen) atoms. The first-order valence-corrected chi connectivity index (χ1v) is 7.84. The van der Waals surface area contributed by atoms with Gasteiger partial charge in [0.05, 0.1) is 30.0 Å². The number of hydrogen-bond donors (Lipinski definition) is 1. The van der Waals surface area contributed by atoms with Crippen molar-refractivity contribution in [3.8, 4) is 17.2 Å². The van der Waals surface area contributed by atoms with Crippen molar-refractivity contribution in [3.63, 3.8) is 0 Å². The van der Waals surface area contributed by atoms with Crippen molar-refractivity contribution in [2.45, 2.75) is 13.0 Å². The lowest BCUT2D eigenvalue weighted by Gasteiger charge is -2.17. The number of rotatable bonds is 6. The number of nitrogens with one attached hydrogen (secondary N) is 1. The maximum atomic E-state index is 12.3. The van der Waals surface area contributed by atoms with E-state index < -0.39 is 6.10 Å². The molecule has 0 heterocycles. The predicted octanol–water partition coefficient (Wildman–Crippen LogP) is 4.42. The zero-order valence-electron chi connectivity index (χ0n) is 13.4. The Labute approximate surface area is 150 Å². The molecule has 2 aromatic rings. The van der Waals surface area contributed by atoms with E-state index in [1.165, 1.54) is 7.11 Å². The van der Waals surface area contributed by atoms with Crippen LogP contribution in [0.4, 0.5) is 5.69 Å². The lowest BCUT2D eigenvalue weighted by Crippen LogP contribution is -2.30. The Morgan fingerprint density at radius 3 is 2.33 bits per heavy atom. The SMILES string of the molecule is COc1ccc(NC(=O)C(C)Oc2ccc(Cl)c(Cl)c2)c(OC)c1. The lowest BCUT2D eigenvalue weighted by atomic mass is 10.2. The lowest BCUT2D eigenvalue weighted by molar-refractivity contribution is -0.122. The second kappa shape index (κ2) is 8.13. The number of benzene rings is 2. The third kappa shape index (κ3) is 4.46. The molecule has 0 aromatic heterocycles. The Hall–Kier alpha value is -2.11. The normalized spacial score (nSPS) is 11.5. The van der Waals surface area contributed by atoms with Crippen molar-refractivity contribution < 1.29 is 19.0 Å². The molecule has 0 aliphatic heterocycles. The fraction of sp³-hybridized carbons (Fsp3) is 0.235. The van der Waals surface area contributed by atoms with Crippen molar-refractivity contribution in [1.82, 2.24) is 0 Å². The van der Waals surface area contributed by atoms with E-state index >= 15 is 0 Å². The summed E-state index contributed by atoms with van der Waals surface area (Å²) in [7, 11) is 3.07. The topological polar surface area (TPSA) is 56.8 Å². The van der Waals surface area contributed by atoms with Crippen LogP contribution in [0.3, 0.4) is 0 Å². The molecular formula is C17H17Cl2NO4. The standard InChI is InChI=1S/C17H17Cl2NO4/c1-10(24-12-4-6-13(18)14(19)8-12)17(21)20-15-7-5-11(22-2)9-16(15)23-3/h4-10H,1-3H3,(H,20,21). The minimum atomic E-state index is -0.742. The van der Waals surface area contributed by atoms with Crippen molar-refractivity contribution in [2.24, 2.45) is 0 Å². The van der Waals surface area contributed by atoms with Gasteiger partial charge < -0.3 is 19.5 Å². The number of amides is 1. The summed E-state index contributed by atoms with van der Waals surface area (Å²) in [5.41, 5.74) is 0.521. The highest BCUT2D eigenvalue weighted by Crippen LogP contribution is 2.30. The number of ether oxygens (including phenoxy) is 3. The summed E-state index contributed by atoms with van der Waals surface area (Å²) in [5, 5.41) is 3.54. The van der Waals surface area contributed by atoms with Crippen LogP contribution in [0.2, 0.25) is 10.0 Å². The zero-order valence-corrected chi connectivity index (χ0v) is 14.9. The van der Waals surface area contributed by atoms with E-state index in [2.05, 4.69) is 5.32 Å². The van der Waals surface area contributed by atoms with Crippen LogP contribution >= 0.6 is 23.2 Å². The molecule has 0 saturated heterocycles. The van der Waals surface area contributed by atoms with Crippen LogP contribution in [0.5, 0.6) is 17.2 Å². The summed E-state index contributed by atoms with van der Waals surface area (Å²) in [6.07, 6.45) is -0.742. The average molecular weight is 370 g/mol. The van der Waals surface area contributed by atoms with Gasteiger partial charge in [-0.15, -0.1) is 0 Å². The average Bonchev–Trinajstić information content (AvgIpc) is 2.58. The van der Waals surface area contributed by atoms with E-state index in [-0.39, 0.29) is 5.91 Å². The minimum absolute atomic E-state index is 0.329. The molecule has 2 aromatic carbocycles. The fourth-order valence-electron chi connectivity index (χ4n) is 1.94. The van der Waals surface area contributed by atoms with Crippen LogP contribution in [0, 0.1) is 0 Å². The highest BCUT2D eigenvalue weighted by Gasteiger charge is 2.17. The van der Waals surface area contributed by atoms with E-state index in [1.807, 2.05) is 0 Å². The van der Waals surface area contributed by atoms with Gasteiger partial charge in [-0.3, -0.25) is 4.79 Å². The molecule has 0 spiro atoms. The summed E-state index contributed by atoms with van der Waals surface area (Å²) < 4.78 is 16.0. The third-order valence-electron chi connectivity index (χ3n) is 3.24. The first-order chi connectivity index (χ1) is 11.4. The van der Waals surface area contributed by atoms with Gasteiger partial charge in [0.1, 0.15) is 17.2 Å². The van der Waals surface area contributed by atoms with Gasteiger partial charge in [0.2, 0.25) is 0 Å². The van der Waals surface area contributed by atoms with Crippen LogP contribution < -0.4 is 19.5 Å². The minimum Gasteiger partial charge on any atom is -0.497 e. The van der Waals surface area contributed by atoms with Crippen molar-refractivity contribution in [3.05, 3.63) is 46.4 Å². The quantitative estimate of drug-likeness (QED) is 0.818. The van der Waals surface area contributed by atoms with Crippen molar-refractivity contribution in [2.75, 3.05) is 19.5 Å². The zero-order chi connectivity index (χ0) is 17.7. The number of methoxy groups -OCH3 is 2. The third-order valence-corrected chi connectivity index (χ3v) is 3.98.